The second-order valence-corrected chi connectivity index (χ2v) is 13.2. The molecular weight excluding hydrogens is 486 g/mol. The van der Waals surface area contributed by atoms with E-state index in [4.69, 9.17) is 0 Å². The van der Waals surface area contributed by atoms with Crippen molar-refractivity contribution < 1.29 is 46.1 Å². The summed E-state index contributed by atoms with van der Waals surface area (Å²) in [5.41, 5.74) is 10.5. The smallest absolute Gasteiger partial charge is 1.00 e. The van der Waals surface area contributed by atoms with Crippen LogP contribution >= 0.6 is 0 Å². The molecular formula is C27H24Cl2Zr. The summed E-state index contributed by atoms with van der Waals surface area (Å²) in [6.07, 6.45) is 4.65. The summed E-state index contributed by atoms with van der Waals surface area (Å²) in [5, 5.41) is 0. The van der Waals surface area contributed by atoms with Crippen LogP contribution in [0.1, 0.15) is 37.0 Å². The van der Waals surface area contributed by atoms with Crippen LogP contribution in [0.15, 0.2) is 93.3 Å². The van der Waals surface area contributed by atoms with Crippen molar-refractivity contribution in [1.82, 2.24) is 0 Å². The van der Waals surface area contributed by atoms with Crippen LogP contribution in [0.25, 0.3) is 11.1 Å². The second kappa shape index (κ2) is 9.73. The summed E-state index contributed by atoms with van der Waals surface area (Å²) < 4.78 is 6.02. The molecule has 3 aromatic carbocycles. The minimum absolute atomic E-state index is 0. The molecule has 0 aromatic heterocycles. The molecule has 3 aromatic rings. The number of hydrogen-bond acceptors (Lipinski definition) is 0. The predicted octanol–water partition coefficient (Wildman–Crippen LogP) is -0.0162. The summed E-state index contributed by atoms with van der Waals surface area (Å²) in [5.74, 6) is 0. The van der Waals surface area contributed by atoms with Gasteiger partial charge < -0.3 is 24.8 Å². The standard InChI is InChI=1S/C13H9.C7H9.C7H6.2ClH.Zr/c1-3-7-12-10(5-1)9-11-6-2-4-8-13(11)12;1-6-3-4-7(2)5-6;1-7-5-3-2-4-6-7;;;/h1-5,7-8H,9H2;3H,4H2,1-2H3;1-6H;2*1H;/q;;;;;+2/p-2. The van der Waals surface area contributed by atoms with Crippen molar-refractivity contribution >= 4 is 6.98 Å². The molecule has 150 valence electrons. The number of allylic oxidation sites excluding steroid dienone is 4. The molecule has 0 unspecified atom stereocenters. The van der Waals surface area contributed by atoms with E-state index in [1.54, 1.807) is 17.7 Å². The fourth-order valence-electron chi connectivity index (χ4n) is 4.70. The third kappa shape index (κ3) is 4.13. The summed E-state index contributed by atoms with van der Waals surface area (Å²) in [7, 11) is 0. The van der Waals surface area contributed by atoms with Crippen LogP contribution in [0.5, 0.6) is 0 Å². The molecule has 0 aliphatic heterocycles. The second-order valence-electron chi connectivity index (χ2n) is 7.88. The Morgan fingerprint density at radius 1 is 0.767 bits per heavy atom. The molecule has 3 heteroatoms. The van der Waals surface area contributed by atoms with Crippen LogP contribution in [0, 0.1) is 0 Å². The predicted molar refractivity (Wildman–Crippen MR) is 117 cm³/mol. The quantitative estimate of drug-likeness (QED) is 0.364. The van der Waals surface area contributed by atoms with E-state index >= 15 is 0 Å². The van der Waals surface area contributed by atoms with Gasteiger partial charge in [-0.05, 0) is 0 Å². The van der Waals surface area contributed by atoms with Crippen LogP contribution in [0.2, 0.25) is 0 Å². The van der Waals surface area contributed by atoms with Crippen LogP contribution in [0.4, 0.5) is 0 Å². The van der Waals surface area contributed by atoms with E-state index in [0.717, 1.165) is 12.8 Å². The zero-order valence-corrected chi connectivity index (χ0v) is 21.2. The third-order valence-corrected chi connectivity index (χ3v) is 13.5. The van der Waals surface area contributed by atoms with Gasteiger partial charge in [-0.25, -0.2) is 0 Å². The van der Waals surface area contributed by atoms with E-state index in [0.29, 0.717) is 0 Å². The first kappa shape index (κ1) is 23.1. The molecule has 0 saturated carbocycles. The fourth-order valence-corrected chi connectivity index (χ4v) is 12.1. The first-order valence-corrected chi connectivity index (χ1v) is 13.9. The largest absolute Gasteiger partial charge is 1.00 e. The average molecular weight is 511 g/mol. The SMILES string of the molecule is CC1=CCC(C)=[C]1[Zr+2](=[CH]c1ccccc1)[c]1cccc2c1Cc1ccccc1-2.[Cl-].[Cl-]. The van der Waals surface area contributed by atoms with Crippen LogP contribution in [-0.4, -0.2) is 3.71 Å². The van der Waals surface area contributed by atoms with Gasteiger partial charge in [0.05, 0.1) is 0 Å². The number of fused-ring (bicyclic) bond motifs is 3. The number of benzene rings is 3. The summed E-state index contributed by atoms with van der Waals surface area (Å²) in [6, 6.07) is 27.0. The van der Waals surface area contributed by atoms with Gasteiger partial charge in [0.2, 0.25) is 0 Å². The van der Waals surface area contributed by atoms with Gasteiger partial charge in [0, 0.05) is 0 Å². The normalized spacial score (nSPS) is 13.9. The molecule has 2 aliphatic rings. The van der Waals surface area contributed by atoms with Crippen molar-refractivity contribution in [2.75, 3.05) is 0 Å². The minimum Gasteiger partial charge on any atom is -1.00 e. The van der Waals surface area contributed by atoms with E-state index in [-0.39, 0.29) is 24.8 Å². The molecule has 0 heterocycles. The first-order valence-electron chi connectivity index (χ1n) is 10.1. The molecule has 0 fully saturated rings. The molecule has 0 radical (unpaired) electrons. The number of rotatable bonds is 3. The Hall–Kier alpha value is -1.53. The van der Waals surface area contributed by atoms with Crippen molar-refractivity contribution in [3.05, 3.63) is 110 Å². The zero-order valence-electron chi connectivity index (χ0n) is 17.3. The summed E-state index contributed by atoms with van der Waals surface area (Å²) in [6.45, 7) is 4.67. The molecule has 2 aliphatic carbocycles. The van der Waals surface area contributed by atoms with Crippen molar-refractivity contribution in [1.29, 1.82) is 0 Å². The van der Waals surface area contributed by atoms with Gasteiger partial charge in [-0.3, -0.25) is 0 Å². The van der Waals surface area contributed by atoms with E-state index in [9.17, 15) is 0 Å². The molecule has 5 rings (SSSR count). The molecule has 0 saturated heterocycles. The maximum atomic E-state index is 2.66. The molecule has 0 amide bonds. The van der Waals surface area contributed by atoms with Gasteiger partial charge in [-0.15, -0.1) is 0 Å². The van der Waals surface area contributed by atoms with Gasteiger partial charge >= 0.3 is 176 Å². The molecule has 0 nitrogen and oxygen atoms in total. The van der Waals surface area contributed by atoms with Crippen molar-refractivity contribution in [2.24, 2.45) is 0 Å². The minimum atomic E-state index is -2.21. The van der Waals surface area contributed by atoms with E-state index in [2.05, 4.69) is 96.4 Å². The first-order chi connectivity index (χ1) is 13.7. The average Bonchev–Trinajstić information content (AvgIpc) is 3.27. The Balaban J connectivity index is 0.00000128. The Morgan fingerprint density at radius 2 is 1.47 bits per heavy atom. The van der Waals surface area contributed by atoms with Gasteiger partial charge in [0.25, 0.3) is 0 Å². The van der Waals surface area contributed by atoms with Crippen LogP contribution in [0.3, 0.4) is 0 Å². The number of hydrogen-bond donors (Lipinski definition) is 0. The Kier molecular flexibility index (Phi) is 7.51. The van der Waals surface area contributed by atoms with Gasteiger partial charge in [-0.1, -0.05) is 0 Å². The molecule has 0 atom stereocenters. The summed E-state index contributed by atoms with van der Waals surface area (Å²) in [4.78, 5) is 0. The number of halogens is 2. The zero-order chi connectivity index (χ0) is 19.1. The Labute approximate surface area is 199 Å². The maximum Gasteiger partial charge on any atom is -1.00 e. The molecule has 0 bridgehead atoms. The topological polar surface area (TPSA) is 0 Å². The van der Waals surface area contributed by atoms with Crippen molar-refractivity contribution in [3.63, 3.8) is 0 Å². The monoisotopic (exact) mass is 508 g/mol. The summed E-state index contributed by atoms with van der Waals surface area (Å²) >= 11 is -2.21. The van der Waals surface area contributed by atoms with E-state index < -0.39 is 21.3 Å². The molecule has 0 spiro atoms. The van der Waals surface area contributed by atoms with Crippen molar-refractivity contribution in [2.45, 2.75) is 26.7 Å². The van der Waals surface area contributed by atoms with Gasteiger partial charge in [-0.2, -0.15) is 0 Å². The van der Waals surface area contributed by atoms with Gasteiger partial charge in [0.1, 0.15) is 0 Å². The Morgan fingerprint density at radius 3 is 2.20 bits per heavy atom. The van der Waals surface area contributed by atoms with E-state index in [1.165, 1.54) is 27.8 Å². The molecule has 30 heavy (non-hydrogen) atoms. The maximum absolute atomic E-state index is 2.66. The van der Waals surface area contributed by atoms with Crippen LogP contribution in [-0.2, 0) is 27.7 Å². The van der Waals surface area contributed by atoms with Crippen LogP contribution < -0.4 is 28.1 Å². The molecule has 0 N–H and O–H groups in total. The van der Waals surface area contributed by atoms with E-state index in [1.807, 2.05) is 0 Å². The van der Waals surface area contributed by atoms with Gasteiger partial charge in [0.15, 0.2) is 0 Å². The Bertz CT molecular complexity index is 1170. The van der Waals surface area contributed by atoms with Crippen molar-refractivity contribution in [3.8, 4) is 11.1 Å². The fraction of sp³-hybridized carbons (Fsp3) is 0.148. The third-order valence-electron chi connectivity index (χ3n) is 6.06.